The highest BCUT2D eigenvalue weighted by molar-refractivity contribution is 6.10. The quantitative estimate of drug-likeness (QED) is 0.157. The molecule has 2 heteroatoms. The van der Waals surface area contributed by atoms with Gasteiger partial charge in [0.15, 0.2) is 0 Å². The average molecular weight is 755 g/mol. The van der Waals surface area contributed by atoms with Gasteiger partial charge in [0.25, 0.3) is 0 Å². The van der Waals surface area contributed by atoms with Crippen molar-refractivity contribution in [3.05, 3.63) is 230 Å². The summed E-state index contributed by atoms with van der Waals surface area (Å²) in [5, 5.41) is 2.52. The van der Waals surface area contributed by atoms with Gasteiger partial charge >= 0.3 is 0 Å². The highest BCUT2D eigenvalue weighted by Gasteiger charge is 2.35. The van der Waals surface area contributed by atoms with Crippen molar-refractivity contribution in [2.24, 2.45) is 0 Å². The first kappa shape index (κ1) is 34.8. The largest absolute Gasteiger partial charge is 0.310 e. The van der Waals surface area contributed by atoms with Gasteiger partial charge in [0.2, 0.25) is 0 Å². The van der Waals surface area contributed by atoms with Gasteiger partial charge in [-0.05, 0) is 122 Å². The summed E-state index contributed by atoms with van der Waals surface area (Å²) in [5.74, 6) is 0. The molecule has 0 radical (unpaired) electrons. The van der Waals surface area contributed by atoms with Crippen molar-refractivity contribution in [2.75, 3.05) is 4.90 Å². The van der Waals surface area contributed by atoms with E-state index in [0.717, 1.165) is 17.1 Å². The van der Waals surface area contributed by atoms with Crippen LogP contribution >= 0.6 is 0 Å². The molecular formula is C57H42N2. The predicted molar refractivity (Wildman–Crippen MR) is 249 cm³/mol. The summed E-state index contributed by atoms with van der Waals surface area (Å²) in [4.78, 5) is 2.34. The molecule has 0 bridgehead atoms. The highest BCUT2D eigenvalue weighted by Crippen LogP contribution is 2.49. The Morgan fingerprint density at radius 1 is 0.339 bits per heavy atom. The van der Waals surface area contributed by atoms with Crippen molar-refractivity contribution in [3.63, 3.8) is 0 Å². The van der Waals surface area contributed by atoms with E-state index >= 15 is 0 Å². The van der Waals surface area contributed by atoms with Gasteiger partial charge in [0.1, 0.15) is 0 Å². The van der Waals surface area contributed by atoms with Crippen LogP contribution in [0.15, 0.2) is 218 Å². The number of aromatic nitrogens is 1. The number of hydrogen-bond acceptors (Lipinski definition) is 1. The van der Waals surface area contributed by atoms with Crippen LogP contribution in [0.5, 0.6) is 0 Å². The summed E-state index contributed by atoms with van der Waals surface area (Å²) in [6.07, 6.45) is 0. The average Bonchev–Trinajstić information content (AvgIpc) is 3.75. The number of para-hydroxylation sites is 2. The van der Waals surface area contributed by atoms with E-state index in [0.29, 0.717) is 0 Å². The van der Waals surface area contributed by atoms with Crippen LogP contribution in [0.2, 0.25) is 0 Å². The molecule has 1 aliphatic carbocycles. The van der Waals surface area contributed by atoms with Crippen LogP contribution in [0.4, 0.5) is 17.1 Å². The van der Waals surface area contributed by atoms with Crippen LogP contribution in [-0.2, 0) is 5.41 Å². The summed E-state index contributed by atoms with van der Waals surface area (Å²) in [6.45, 7) is 4.72. The molecule has 1 aromatic heterocycles. The van der Waals surface area contributed by atoms with E-state index in [-0.39, 0.29) is 5.41 Å². The van der Waals surface area contributed by atoms with Crippen LogP contribution in [0.25, 0.3) is 72.0 Å². The van der Waals surface area contributed by atoms with Crippen molar-refractivity contribution in [1.29, 1.82) is 0 Å². The molecule has 2 nitrogen and oxygen atoms in total. The standard InChI is InChI=1S/C57H42N2/c1-57(2)53-25-11-9-23-49(53)50-34-32-48(38-54(50)57)59-55-26-12-10-24-51(55)52-33-29-44(37-56(52)59)42-18-13-17-41(35-42)43-19-14-22-47(36-43)58(45-20-7-4-8-21-45)46-30-27-40(28-31-46)39-15-5-3-6-16-39/h3-38H,1-2H3. The third-order valence-electron chi connectivity index (χ3n) is 12.4. The zero-order chi connectivity index (χ0) is 39.5. The molecule has 0 fully saturated rings. The van der Waals surface area contributed by atoms with Gasteiger partial charge in [-0.2, -0.15) is 0 Å². The molecule has 0 amide bonds. The predicted octanol–water partition coefficient (Wildman–Crippen LogP) is 15.6. The van der Waals surface area contributed by atoms with E-state index in [9.17, 15) is 0 Å². The van der Waals surface area contributed by atoms with E-state index in [1.165, 1.54) is 83.1 Å². The van der Waals surface area contributed by atoms with Crippen molar-refractivity contribution < 1.29 is 0 Å². The molecule has 1 heterocycles. The lowest BCUT2D eigenvalue weighted by Gasteiger charge is -2.26. The minimum absolute atomic E-state index is 0.0747. The molecule has 0 saturated heterocycles. The van der Waals surface area contributed by atoms with Gasteiger partial charge in [-0.3, -0.25) is 0 Å². The second kappa shape index (κ2) is 13.9. The zero-order valence-corrected chi connectivity index (χ0v) is 33.2. The van der Waals surface area contributed by atoms with Crippen LogP contribution < -0.4 is 4.90 Å². The Bertz CT molecular complexity index is 3170. The highest BCUT2D eigenvalue weighted by atomic mass is 15.1. The lowest BCUT2D eigenvalue weighted by molar-refractivity contribution is 0.660. The summed E-state index contributed by atoms with van der Waals surface area (Å²) in [5.41, 5.74) is 19.5. The minimum Gasteiger partial charge on any atom is -0.310 e. The SMILES string of the molecule is CC1(C)c2ccccc2-c2ccc(-n3c4ccccc4c4ccc(-c5cccc(-c6cccc(N(c7ccccc7)c7ccc(-c8ccccc8)cc7)c6)c5)cc43)cc21. The fraction of sp³-hybridized carbons (Fsp3) is 0.0526. The number of nitrogens with zero attached hydrogens (tertiary/aromatic N) is 2. The molecular weight excluding hydrogens is 713 g/mol. The Labute approximate surface area is 345 Å². The lowest BCUT2D eigenvalue weighted by Crippen LogP contribution is -2.15. The topological polar surface area (TPSA) is 8.17 Å². The second-order valence-corrected chi connectivity index (χ2v) is 16.2. The molecule has 1 aliphatic rings. The summed E-state index contributed by atoms with van der Waals surface area (Å²) >= 11 is 0. The second-order valence-electron chi connectivity index (χ2n) is 16.2. The van der Waals surface area contributed by atoms with Crippen molar-refractivity contribution in [3.8, 4) is 50.2 Å². The molecule has 0 N–H and O–H groups in total. The Hall–Kier alpha value is -7.42. The molecule has 0 atom stereocenters. The van der Waals surface area contributed by atoms with Gasteiger partial charge in [-0.25, -0.2) is 0 Å². The Kier molecular flexibility index (Phi) is 8.20. The number of hydrogen-bond donors (Lipinski definition) is 0. The van der Waals surface area contributed by atoms with Gasteiger partial charge < -0.3 is 9.47 Å². The number of rotatable bonds is 7. The summed E-state index contributed by atoms with van der Waals surface area (Å²) in [6, 6.07) is 79.7. The van der Waals surface area contributed by atoms with Gasteiger partial charge in [0.05, 0.1) is 11.0 Å². The van der Waals surface area contributed by atoms with Crippen LogP contribution in [0.3, 0.4) is 0 Å². The third-order valence-corrected chi connectivity index (χ3v) is 12.4. The molecule has 11 rings (SSSR count). The van der Waals surface area contributed by atoms with E-state index in [1.54, 1.807) is 0 Å². The fourth-order valence-corrected chi connectivity index (χ4v) is 9.42. The van der Waals surface area contributed by atoms with E-state index in [4.69, 9.17) is 0 Å². The Balaban J connectivity index is 0.984. The molecule has 280 valence electrons. The first-order chi connectivity index (χ1) is 29.0. The van der Waals surface area contributed by atoms with Crippen LogP contribution in [0.1, 0.15) is 25.0 Å². The smallest absolute Gasteiger partial charge is 0.0547 e. The fourth-order valence-electron chi connectivity index (χ4n) is 9.42. The molecule has 0 unspecified atom stereocenters. The molecule has 0 aliphatic heterocycles. The number of anilines is 3. The van der Waals surface area contributed by atoms with Crippen LogP contribution in [-0.4, -0.2) is 4.57 Å². The monoisotopic (exact) mass is 754 g/mol. The van der Waals surface area contributed by atoms with Crippen molar-refractivity contribution in [1.82, 2.24) is 4.57 Å². The normalized spacial score (nSPS) is 12.7. The van der Waals surface area contributed by atoms with E-state index in [1.807, 2.05) is 0 Å². The van der Waals surface area contributed by atoms with Crippen molar-refractivity contribution >= 4 is 38.9 Å². The van der Waals surface area contributed by atoms with Gasteiger partial charge in [0, 0.05) is 38.9 Å². The van der Waals surface area contributed by atoms with Gasteiger partial charge in [-0.1, -0.05) is 166 Å². The Morgan fingerprint density at radius 2 is 0.881 bits per heavy atom. The first-order valence-electron chi connectivity index (χ1n) is 20.5. The minimum atomic E-state index is -0.0747. The molecule has 10 aromatic rings. The van der Waals surface area contributed by atoms with E-state index < -0.39 is 0 Å². The van der Waals surface area contributed by atoms with Gasteiger partial charge in [-0.15, -0.1) is 0 Å². The maximum atomic E-state index is 2.46. The lowest BCUT2D eigenvalue weighted by atomic mass is 9.82. The molecule has 0 spiro atoms. The maximum absolute atomic E-state index is 2.46. The number of benzene rings is 9. The Morgan fingerprint density at radius 3 is 1.68 bits per heavy atom. The molecule has 59 heavy (non-hydrogen) atoms. The van der Waals surface area contributed by atoms with Crippen LogP contribution in [0, 0.1) is 0 Å². The molecule has 0 saturated carbocycles. The summed E-state index contributed by atoms with van der Waals surface area (Å²) < 4.78 is 2.46. The maximum Gasteiger partial charge on any atom is 0.0547 e. The summed E-state index contributed by atoms with van der Waals surface area (Å²) in [7, 11) is 0. The van der Waals surface area contributed by atoms with Crippen molar-refractivity contribution in [2.45, 2.75) is 19.3 Å². The van der Waals surface area contributed by atoms with E-state index in [2.05, 4.69) is 242 Å². The third kappa shape index (κ3) is 5.87. The molecule has 9 aromatic carbocycles. The number of fused-ring (bicyclic) bond motifs is 6. The first-order valence-corrected chi connectivity index (χ1v) is 20.5. The zero-order valence-electron chi connectivity index (χ0n) is 33.2.